The maximum atomic E-state index is 12.1. The van der Waals surface area contributed by atoms with Crippen LogP contribution in [0.25, 0.3) is 10.9 Å². The smallest absolute Gasteiger partial charge is 0.319 e. The lowest BCUT2D eigenvalue weighted by atomic mass is 10.1. The Morgan fingerprint density at radius 1 is 1.10 bits per heavy atom. The lowest BCUT2D eigenvalue weighted by molar-refractivity contribution is -0.125. The van der Waals surface area contributed by atoms with Gasteiger partial charge in [0, 0.05) is 29.3 Å². The number of carbonyl (C=O) groups is 3. The highest BCUT2D eigenvalue weighted by atomic mass is 32.2. The highest BCUT2D eigenvalue weighted by Crippen LogP contribution is 2.22. The number of nitrogens with one attached hydrogen (secondary N) is 3. The molecule has 8 heteroatoms. The summed E-state index contributed by atoms with van der Waals surface area (Å²) in [6.45, 7) is 0.768. The SMILES string of the molecule is O=C(NCCc1c[nH]c2ccccc12)Nc1ccc(CN2C(=O)CSC2=O)cc1. The van der Waals surface area contributed by atoms with E-state index in [0.717, 1.165) is 34.8 Å². The summed E-state index contributed by atoms with van der Waals surface area (Å²) >= 11 is 1.02. The number of nitrogens with zero attached hydrogens (tertiary/aromatic N) is 1. The summed E-state index contributed by atoms with van der Waals surface area (Å²) in [5.74, 6) is 0.0359. The van der Waals surface area contributed by atoms with Gasteiger partial charge in [-0.05, 0) is 35.7 Å². The molecule has 1 aliphatic rings. The number of thioether (sulfide) groups is 1. The molecule has 0 atom stereocenters. The van der Waals surface area contributed by atoms with Crippen molar-refractivity contribution in [1.29, 1.82) is 0 Å². The Balaban J connectivity index is 1.26. The number of carbonyl (C=O) groups excluding carboxylic acids is 3. The number of urea groups is 1. The second-order valence-electron chi connectivity index (χ2n) is 6.72. The number of benzene rings is 2. The van der Waals surface area contributed by atoms with E-state index in [4.69, 9.17) is 0 Å². The third kappa shape index (κ3) is 4.43. The molecule has 2 heterocycles. The number of aromatic nitrogens is 1. The number of fused-ring (bicyclic) bond motifs is 1. The fourth-order valence-corrected chi connectivity index (χ4v) is 3.96. The van der Waals surface area contributed by atoms with Gasteiger partial charge in [-0.15, -0.1) is 0 Å². The van der Waals surface area contributed by atoms with Crippen molar-refractivity contribution in [3.8, 4) is 0 Å². The van der Waals surface area contributed by atoms with Gasteiger partial charge in [-0.1, -0.05) is 42.1 Å². The molecule has 0 aliphatic carbocycles. The van der Waals surface area contributed by atoms with Gasteiger partial charge >= 0.3 is 6.03 Å². The second-order valence-corrected chi connectivity index (χ2v) is 7.65. The van der Waals surface area contributed by atoms with Crippen molar-refractivity contribution >= 4 is 45.5 Å². The number of aromatic amines is 1. The molecule has 1 fully saturated rings. The minimum absolute atomic E-state index is 0.170. The van der Waals surface area contributed by atoms with Crippen molar-refractivity contribution in [2.75, 3.05) is 17.6 Å². The molecule has 0 unspecified atom stereocenters. The third-order valence-electron chi connectivity index (χ3n) is 4.75. The average molecular weight is 408 g/mol. The van der Waals surface area contributed by atoms with E-state index in [1.165, 1.54) is 10.3 Å². The minimum Gasteiger partial charge on any atom is -0.361 e. The Bertz CT molecular complexity index is 1050. The predicted octanol–water partition coefficient (Wildman–Crippen LogP) is 3.73. The Labute approximate surface area is 171 Å². The van der Waals surface area contributed by atoms with E-state index >= 15 is 0 Å². The van der Waals surface area contributed by atoms with E-state index in [9.17, 15) is 14.4 Å². The first-order valence-electron chi connectivity index (χ1n) is 9.26. The number of amides is 4. The quantitative estimate of drug-likeness (QED) is 0.579. The normalized spacial score (nSPS) is 13.9. The topological polar surface area (TPSA) is 94.3 Å². The van der Waals surface area contributed by atoms with Crippen molar-refractivity contribution in [1.82, 2.24) is 15.2 Å². The van der Waals surface area contributed by atoms with Crippen LogP contribution in [0.2, 0.25) is 0 Å². The van der Waals surface area contributed by atoms with E-state index in [0.29, 0.717) is 12.2 Å². The van der Waals surface area contributed by atoms with Gasteiger partial charge in [0.25, 0.3) is 5.24 Å². The highest BCUT2D eigenvalue weighted by Gasteiger charge is 2.29. The van der Waals surface area contributed by atoms with Gasteiger partial charge in [0.15, 0.2) is 0 Å². The Morgan fingerprint density at radius 2 is 1.90 bits per heavy atom. The van der Waals surface area contributed by atoms with Crippen LogP contribution in [0.5, 0.6) is 0 Å². The van der Waals surface area contributed by atoms with Crippen LogP contribution in [0.15, 0.2) is 54.7 Å². The Kier molecular flexibility index (Phi) is 5.53. The lowest BCUT2D eigenvalue weighted by Gasteiger charge is -2.13. The molecule has 0 saturated carbocycles. The van der Waals surface area contributed by atoms with Crippen LogP contribution in [-0.4, -0.2) is 39.4 Å². The summed E-state index contributed by atoms with van der Waals surface area (Å²) in [5.41, 5.74) is 3.73. The van der Waals surface area contributed by atoms with Gasteiger partial charge in [-0.2, -0.15) is 0 Å². The minimum atomic E-state index is -0.279. The standard InChI is InChI=1S/C21H20N4O3S/c26-19-13-29-21(28)25(19)12-14-5-7-16(8-6-14)24-20(27)22-10-9-15-11-23-18-4-2-1-3-17(15)18/h1-8,11,23H,9-10,12-13H2,(H2,22,24,27). The summed E-state index contributed by atoms with van der Waals surface area (Å²) in [7, 11) is 0. The summed E-state index contributed by atoms with van der Waals surface area (Å²) in [4.78, 5) is 39.9. The molecular weight excluding hydrogens is 388 g/mol. The first-order chi connectivity index (χ1) is 14.1. The van der Waals surface area contributed by atoms with Crippen LogP contribution in [-0.2, 0) is 17.8 Å². The third-order valence-corrected chi connectivity index (χ3v) is 5.61. The summed E-state index contributed by atoms with van der Waals surface area (Å²) in [5, 5.41) is 6.59. The van der Waals surface area contributed by atoms with Crippen molar-refractivity contribution in [3.05, 3.63) is 65.9 Å². The number of imide groups is 1. The van der Waals surface area contributed by atoms with Gasteiger partial charge in [0.1, 0.15) is 0 Å². The summed E-state index contributed by atoms with van der Waals surface area (Å²) in [6.07, 6.45) is 2.70. The largest absolute Gasteiger partial charge is 0.361 e. The zero-order valence-corrected chi connectivity index (χ0v) is 16.4. The number of para-hydroxylation sites is 1. The fourth-order valence-electron chi connectivity index (χ4n) is 3.23. The number of hydrogen-bond donors (Lipinski definition) is 3. The van der Waals surface area contributed by atoms with E-state index in [1.807, 2.05) is 24.4 Å². The fraction of sp³-hybridized carbons (Fsp3) is 0.190. The molecule has 4 amide bonds. The molecule has 3 aromatic rings. The van der Waals surface area contributed by atoms with Gasteiger partial charge in [0.05, 0.1) is 12.3 Å². The second kappa shape index (κ2) is 8.40. The van der Waals surface area contributed by atoms with Gasteiger partial charge in [-0.3, -0.25) is 14.5 Å². The molecule has 2 aromatic carbocycles. The zero-order chi connectivity index (χ0) is 20.2. The van der Waals surface area contributed by atoms with Crippen LogP contribution in [0.4, 0.5) is 15.3 Å². The van der Waals surface area contributed by atoms with Gasteiger partial charge in [-0.25, -0.2) is 4.79 Å². The van der Waals surface area contributed by atoms with Gasteiger partial charge < -0.3 is 15.6 Å². The average Bonchev–Trinajstić information content (AvgIpc) is 3.28. The predicted molar refractivity (Wildman–Crippen MR) is 114 cm³/mol. The highest BCUT2D eigenvalue weighted by molar-refractivity contribution is 8.14. The summed E-state index contributed by atoms with van der Waals surface area (Å²) in [6, 6.07) is 14.9. The van der Waals surface area contributed by atoms with Gasteiger partial charge in [0.2, 0.25) is 5.91 Å². The number of H-pyrrole nitrogens is 1. The van der Waals surface area contributed by atoms with Crippen LogP contribution in [0, 0.1) is 0 Å². The number of anilines is 1. The van der Waals surface area contributed by atoms with E-state index in [1.54, 1.807) is 24.3 Å². The Morgan fingerprint density at radius 3 is 2.66 bits per heavy atom. The van der Waals surface area contributed by atoms with Crippen LogP contribution >= 0.6 is 11.8 Å². The molecule has 0 bridgehead atoms. The maximum Gasteiger partial charge on any atom is 0.319 e. The first kappa shape index (κ1) is 19.1. The van der Waals surface area contributed by atoms with Crippen molar-refractivity contribution in [2.24, 2.45) is 0 Å². The maximum absolute atomic E-state index is 12.1. The zero-order valence-electron chi connectivity index (χ0n) is 15.6. The molecule has 1 aliphatic heterocycles. The molecule has 1 saturated heterocycles. The molecular formula is C21H20N4O3S. The Hall–Kier alpha value is -3.26. The van der Waals surface area contributed by atoms with Crippen molar-refractivity contribution in [2.45, 2.75) is 13.0 Å². The van der Waals surface area contributed by atoms with E-state index in [-0.39, 0.29) is 29.5 Å². The van der Waals surface area contributed by atoms with E-state index < -0.39 is 0 Å². The molecule has 3 N–H and O–H groups in total. The molecule has 7 nitrogen and oxygen atoms in total. The van der Waals surface area contributed by atoms with Crippen molar-refractivity contribution in [3.63, 3.8) is 0 Å². The first-order valence-corrected chi connectivity index (χ1v) is 10.2. The van der Waals surface area contributed by atoms with E-state index in [2.05, 4.69) is 21.7 Å². The van der Waals surface area contributed by atoms with Crippen molar-refractivity contribution < 1.29 is 14.4 Å². The molecule has 1 aromatic heterocycles. The molecule has 0 radical (unpaired) electrons. The van der Waals surface area contributed by atoms with Crippen LogP contribution in [0.3, 0.4) is 0 Å². The molecule has 29 heavy (non-hydrogen) atoms. The number of hydrogen-bond acceptors (Lipinski definition) is 4. The lowest BCUT2D eigenvalue weighted by Crippen LogP contribution is -2.30. The summed E-state index contributed by atoms with van der Waals surface area (Å²) < 4.78 is 0. The number of rotatable bonds is 6. The monoisotopic (exact) mass is 408 g/mol. The van der Waals surface area contributed by atoms with Crippen LogP contribution < -0.4 is 10.6 Å². The molecule has 0 spiro atoms. The molecule has 4 rings (SSSR count). The van der Waals surface area contributed by atoms with Crippen LogP contribution in [0.1, 0.15) is 11.1 Å². The molecule has 148 valence electrons.